The standard InChI is InChI=1S/C26H28N4O3/c1-30-12-9-21(10-13-30)33-24-6-4-18(14-25(24)32-3)15-26-28-11-8-22(29-26)19-5-7-23(31-2)20(16-19)17-27/h4-8,11,14,16,21H,9-10,12-13,15H2,1-3H3. The van der Waals surface area contributed by atoms with E-state index in [0.717, 1.165) is 54.3 Å². The summed E-state index contributed by atoms with van der Waals surface area (Å²) in [6, 6.07) is 15.4. The number of piperidine rings is 1. The lowest BCUT2D eigenvalue weighted by atomic mass is 10.1. The highest BCUT2D eigenvalue weighted by atomic mass is 16.5. The molecule has 0 bridgehead atoms. The Kier molecular flexibility index (Phi) is 7.06. The molecule has 1 fully saturated rings. The summed E-state index contributed by atoms with van der Waals surface area (Å²) < 4.78 is 17.1. The zero-order chi connectivity index (χ0) is 23.2. The van der Waals surface area contributed by atoms with Crippen LogP contribution in [0.1, 0.15) is 29.8 Å². The minimum absolute atomic E-state index is 0.212. The van der Waals surface area contributed by atoms with E-state index in [1.165, 1.54) is 0 Å². The van der Waals surface area contributed by atoms with E-state index >= 15 is 0 Å². The smallest absolute Gasteiger partial charge is 0.161 e. The van der Waals surface area contributed by atoms with Gasteiger partial charge in [-0.3, -0.25) is 0 Å². The van der Waals surface area contributed by atoms with E-state index in [1.807, 2.05) is 30.3 Å². The van der Waals surface area contributed by atoms with Crippen molar-refractivity contribution >= 4 is 0 Å². The van der Waals surface area contributed by atoms with Crippen molar-refractivity contribution in [1.29, 1.82) is 5.26 Å². The number of likely N-dealkylation sites (tertiary alicyclic amines) is 1. The number of hydrogen-bond acceptors (Lipinski definition) is 7. The van der Waals surface area contributed by atoms with Crippen LogP contribution in [0.15, 0.2) is 48.7 Å². The molecular weight excluding hydrogens is 416 g/mol. The Balaban J connectivity index is 1.51. The average Bonchev–Trinajstić information content (AvgIpc) is 2.86. The number of ether oxygens (including phenoxy) is 3. The lowest BCUT2D eigenvalue weighted by molar-refractivity contribution is 0.111. The van der Waals surface area contributed by atoms with Crippen molar-refractivity contribution in [2.45, 2.75) is 25.4 Å². The van der Waals surface area contributed by atoms with Gasteiger partial charge in [-0.05, 0) is 61.9 Å². The van der Waals surface area contributed by atoms with Gasteiger partial charge in [-0.15, -0.1) is 0 Å². The molecule has 0 N–H and O–H groups in total. The minimum Gasteiger partial charge on any atom is -0.495 e. The molecule has 2 aromatic carbocycles. The second kappa shape index (κ2) is 10.3. The summed E-state index contributed by atoms with van der Waals surface area (Å²) in [7, 11) is 5.35. The number of nitrogens with zero attached hydrogens (tertiary/aromatic N) is 4. The molecule has 0 aliphatic carbocycles. The van der Waals surface area contributed by atoms with Crippen molar-refractivity contribution < 1.29 is 14.2 Å². The molecule has 170 valence electrons. The Bertz CT molecular complexity index is 1150. The van der Waals surface area contributed by atoms with Gasteiger partial charge >= 0.3 is 0 Å². The van der Waals surface area contributed by atoms with Crippen LogP contribution in [-0.4, -0.2) is 55.3 Å². The van der Waals surface area contributed by atoms with Gasteiger partial charge in [0.05, 0.1) is 25.5 Å². The number of benzene rings is 2. The molecule has 0 amide bonds. The van der Waals surface area contributed by atoms with Gasteiger partial charge in [0.25, 0.3) is 0 Å². The topological polar surface area (TPSA) is 80.5 Å². The van der Waals surface area contributed by atoms with Crippen LogP contribution in [0, 0.1) is 11.3 Å². The first kappa shape index (κ1) is 22.6. The van der Waals surface area contributed by atoms with Gasteiger partial charge in [0, 0.05) is 31.3 Å². The van der Waals surface area contributed by atoms with Crippen LogP contribution in [0.25, 0.3) is 11.3 Å². The maximum absolute atomic E-state index is 9.37. The normalized spacial score (nSPS) is 14.5. The third-order valence-electron chi connectivity index (χ3n) is 5.87. The molecular formula is C26H28N4O3. The summed E-state index contributed by atoms with van der Waals surface area (Å²) in [5.74, 6) is 2.72. The Morgan fingerprint density at radius 3 is 2.48 bits per heavy atom. The molecule has 0 spiro atoms. The Labute approximate surface area is 194 Å². The first-order valence-electron chi connectivity index (χ1n) is 11.0. The van der Waals surface area contributed by atoms with Crippen molar-refractivity contribution in [2.24, 2.45) is 0 Å². The van der Waals surface area contributed by atoms with E-state index < -0.39 is 0 Å². The molecule has 1 saturated heterocycles. The summed E-state index contributed by atoms with van der Waals surface area (Å²) >= 11 is 0. The summed E-state index contributed by atoms with van der Waals surface area (Å²) in [5, 5.41) is 9.37. The van der Waals surface area contributed by atoms with Gasteiger partial charge in [0.2, 0.25) is 0 Å². The zero-order valence-corrected chi connectivity index (χ0v) is 19.2. The minimum atomic E-state index is 0.212. The van der Waals surface area contributed by atoms with Crippen LogP contribution in [-0.2, 0) is 6.42 Å². The molecule has 0 radical (unpaired) electrons. The number of aromatic nitrogens is 2. The molecule has 7 nitrogen and oxygen atoms in total. The molecule has 1 aliphatic heterocycles. The fourth-order valence-corrected chi connectivity index (χ4v) is 3.98. The summed E-state index contributed by atoms with van der Waals surface area (Å²) in [6.07, 6.45) is 4.54. The molecule has 1 aromatic heterocycles. The number of hydrogen-bond donors (Lipinski definition) is 0. The van der Waals surface area contributed by atoms with Crippen molar-refractivity contribution in [3.05, 3.63) is 65.6 Å². The van der Waals surface area contributed by atoms with E-state index in [1.54, 1.807) is 32.5 Å². The van der Waals surface area contributed by atoms with Crippen molar-refractivity contribution in [1.82, 2.24) is 14.9 Å². The molecule has 0 saturated carbocycles. The maximum Gasteiger partial charge on any atom is 0.161 e. The van der Waals surface area contributed by atoms with Gasteiger partial charge in [-0.2, -0.15) is 5.26 Å². The Morgan fingerprint density at radius 1 is 1.00 bits per heavy atom. The van der Waals surface area contributed by atoms with Crippen LogP contribution in [0.5, 0.6) is 17.2 Å². The highest BCUT2D eigenvalue weighted by molar-refractivity contribution is 5.64. The van der Waals surface area contributed by atoms with Crippen molar-refractivity contribution in [3.63, 3.8) is 0 Å². The van der Waals surface area contributed by atoms with Crippen LogP contribution >= 0.6 is 0 Å². The predicted molar refractivity (Wildman–Crippen MR) is 126 cm³/mol. The van der Waals surface area contributed by atoms with Gasteiger partial charge in [0.15, 0.2) is 11.5 Å². The van der Waals surface area contributed by atoms with Crippen LogP contribution in [0.2, 0.25) is 0 Å². The SMILES string of the molecule is COc1ccc(-c2ccnc(Cc3ccc(OC4CCN(C)CC4)c(OC)c3)n2)cc1C#N. The molecule has 2 heterocycles. The van der Waals surface area contributed by atoms with E-state index in [0.29, 0.717) is 23.6 Å². The quantitative estimate of drug-likeness (QED) is 0.543. The highest BCUT2D eigenvalue weighted by Crippen LogP contribution is 2.31. The fourth-order valence-electron chi connectivity index (χ4n) is 3.98. The number of rotatable bonds is 7. The van der Waals surface area contributed by atoms with Gasteiger partial charge in [-0.25, -0.2) is 9.97 Å². The van der Waals surface area contributed by atoms with Gasteiger partial charge in [-0.1, -0.05) is 6.07 Å². The second-order valence-electron chi connectivity index (χ2n) is 8.17. The first-order chi connectivity index (χ1) is 16.1. The average molecular weight is 445 g/mol. The summed E-state index contributed by atoms with van der Waals surface area (Å²) in [6.45, 7) is 2.09. The number of methoxy groups -OCH3 is 2. The molecule has 0 unspecified atom stereocenters. The van der Waals surface area contributed by atoms with Crippen LogP contribution in [0.4, 0.5) is 0 Å². The lowest BCUT2D eigenvalue weighted by Crippen LogP contribution is -2.35. The van der Waals surface area contributed by atoms with E-state index in [4.69, 9.17) is 19.2 Å². The highest BCUT2D eigenvalue weighted by Gasteiger charge is 2.20. The second-order valence-corrected chi connectivity index (χ2v) is 8.17. The number of nitriles is 1. The Hall–Kier alpha value is -3.63. The molecule has 0 atom stereocenters. The van der Waals surface area contributed by atoms with Gasteiger partial charge in [0.1, 0.15) is 23.7 Å². The van der Waals surface area contributed by atoms with Gasteiger partial charge < -0.3 is 19.1 Å². The van der Waals surface area contributed by atoms with Crippen LogP contribution < -0.4 is 14.2 Å². The maximum atomic E-state index is 9.37. The molecule has 3 aromatic rings. The molecule has 7 heteroatoms. The monoisotopic (exact) mass is 444 g/mol. The first-order valence-corrected chi connectivity index (χ1v) is 11.0. The zero-order valence-electron chi connectivity index (χ0n) is 19.2. The molecule has 4 rings (SSSR count). The lowest BCUT2D eigenvalue weighted by Gasteiger charge is -2.29. The van der Waals surface area contributed by atoms with Crippen molar-refractivity contribution in [2.75, 3.05) is 34.4 Å². The molecule has 1 aliphatic rings. The fraction of sp³-hybridized carbons (Fsp3) is 0.346. The van der Waals surface area contributed by atoms with E-state index in [9.17, 15) is 5.26 Å². The third-order valence-corrected chi connectivity index (χ3v) is 5.87. The summed E-state index contributed by atoms with van der Waals surface area (Å²) in [5.41, 5.74) is 3.11. The largest absolute Gasteiger partial charge is 0.495 e. The van der Waals surface area contributed by atoms with E-state index in [2.05, 4.69) is 23.0 Å². The Morgan fingerprint density at radius 2 is 1.76 bits per heavy atom. The van der Waals surface area contributed by atoms with E-state index in [-0.39, 0.29) is 6.10 Å². The third kappa shape index (κ3) is 5.41. The predicted octanol–water partition coefficient (Wildman–Crippen LogP) is 4.10. The van der Waals surface area contributed by atoms with Crippen LogP contribution in [0.3, 0.4) is 0 Å². The van der Waals surface area contributed by atoms with Crippen molar-refractivity contribution in [3.8, 4) is 34.6 Å². The summed E-state index contributed by atoms with van der Waals surface area (Å²) in [4.78, 5) is 11.5. The molecule has 33 heavy (non-hydrogen) atoms.